The monoisotopic (exact) mass is 298 g/mol. The van der Waals surface area contributed by atoms with Gasteiger partial charge in [-0.1, -0.05) is 48.0 Å². The molecule has 0 aromatic heterocycles. The van der Waals surface area contributed by atoms with Crippen LogP contribution in [0.5, 0.6) is 11.5 Å². The van der Waals surface area contributed by atoms with Gasteiger partial charge in [0.25, 0.3) is 0 Å². The molecule has 104 valence electrons. The molecule has 0 radical (unpaired) electrons. The largest absolute Gasteiger partial charge is 0.505 e. The first-order chi connectivity index (χ1) is 10.2. The average molecular weight is 299 g/mol. The molecule has 3 aromatic rings. The lowest BCUT2D eigenvalue weighted by Crippen LogP contribution is -1.75. The van der Waals surface area contributed by atoms with Crippen LogP contribution >= 0.6 is 11.6 Å². The average Bonchev–Trinajstić information content (AvgIpc) is 2.51. The van der Waals surface area contributed by atoms with Gasteiger partial charge in [-0.25, -0.2) is 0 Å². The smallest absolute Gasteiger partial charge is 0.161 e. The molecule has 0 unspecified atom stereocenters. The lowest BCUT2D eigenvalue weighted by Gasteiger charge is -2.03. The molecule has 0 aliphatic heterocycles. The van der Waals surface area contributed by atoms with E-state index in [0.29, 0.717) is 11.1 Å². The second-order valence-electron chi connectivity index (χ2n) is 4.46. The quantitative estimate of drug-likeness (QED) is 0.629. The molecule has 0 heterocycles. The van der Waals surface area contributed by atoms with E-state index < -0.39 is 0 Å². The first kappa shape index (κ1) is 13.4. The molecule has 5 heteroatoms. The zero-order valence-electron chi connectivity index (χ0n) is 10.9. The minimum Gasteiger partial charge on any atom is -0.505 e. The van der Waals surface area contributed by atoms with Gasteiger partial charge in [-0.2, -0.15) is 0 Å². The number of azo groups is 1. The Kier molecular flexibility index (Phi) is 3.46. The molecule has 0 aliphatic rings. The van der Waals surface area contributed by atoms with Crippen LogP contribution in [0.25, 0.3) is 10.8 Å². The van der Waals surface area contributed by atoms with E-state index in [1.54, 1.807) is 30.3 Å². The van der Waals surface area contributed by atoms with Crippen molar-refractivity contribution in [2.75, 3.05) is 0 Å². The van der Waals surface area contributed by atoms with Crippen LogP contribution in [0.4, 0.5) is 11.4 Å². The second kappa shape index (κ2) is 5.42. The molecule has 0 saturated heterocycles. The zero-order chi connectivity index (χ0) is 14.8. The molecule has 0 saturated carbocycles. The normalized spacial score (nSPS) is 11.3. The number of phenols is 2. The van der Waals surface area contributed by atoms with E-state index in [4.69, 9.17) is 11.6 Å². The van der Waals surface area contributed by atoms with Crippen LogP contribution in [-0.2, 0) is 0 Å². The molecule has 0 aliphatic carbocycles. The number of hydrogen-bond donors (Lipinski definition) is 2. The molecule has 0 spiro atoms. The topological polar surface area (TPSA) is 65.2 Å². The fourth-order valence-electron chi connectivity index (χ4n) is 2.02. The third-order valence-corrected chi connectivity index (χ3v) is 3.42. The van der Waals surface area contributed by atoms with Gasteiger partial charge in [0, 0.05) is 5.39 Å². The van der Waals surface area contributed by atoms with Gasteiger partial charge in [0.2, 0.25) is 0 Å². The molecule has 2 N–H and O–H groups in total. The minimum atomic E-state index is -0.136. The van der Waals surface area contributed by atoms with Gasteiger partial charge >= 0.3 is 0 Å². The van der Waals surface area contributed by atoms with E-state index in [9.17, 15) is 10.2 Å². The molecule has 21 heavy (non-hydrogen) atoms. The lowest BCUT2D eigenvalue weighted by molar-refractivity contribution is 0.476. The summed E-state index contributed by atoms with van der Waals surface area (Å²) >= 11 is 5.80. The van der Waals surface area contributed by atoms with Crippen molar-refractivity contribution in [2.45, 2.75) is 0 Å². The number of hydrogen-bond acceptors (Lipinski definition) is 4. The fourth-order valence-corrected chi connectivity index (χ4v) is 2.19. The van der Waals surface area contributed by atoms with Gasteiger partial charge in [0.15, 0.2) is 11.5 Å². The SMILES string of the molecule is Oc1c(Cl)cccc1/N=N/c1ccc2ccccc2c1O. The fraction of sp³-hybridized carbons (Fsp3) is 0. The van der Waals surface area contributed by atoms with Crippen molar-refractivity contribution in [3.63, 3.8) is 0 Å². The van der Waals surface area contributed by atoms with Gasteiger partial charge in [-0.3, -0.25) is 0 Å². The van der Waals surface area contributed by atoms with Gasteiger partial charge in [0.05, 0.1) is 5.02 Å². The van der Waals surface area contributed by atoms with Crippen molar-refractivity contribution in [3.8, 4) is 11.5 Å². The maximum absolute atomic E-state index is 10.2. The molecule has 3 aromatic carbocycles. The van der Waals surface area contributed by atoms with Crippen LogP contribution in [0, 0.1) is 0 Å². The maximum atomic E-state index is 10.2. The zero-order valence-corrected chi connectivity index (χ0v) is 11.6. The molecule has 0 bridgehead atoms. The Morgan fingerprint density at radius 3 is 2.24 bits per heavy atom. The number of aromatic hydroxyl groups is 2. The second-order valence-corrected chi connectivity index (χ2v) is 4.87. The van der Waals surface area contributed by atoms with Crippen molar-refractivity contribution in [3.05, 3.63) is 59.6 Å². The maximum Gasteiger partial charge on any atom is 0.161 e. The van der Waals surface area contributed by atoms with Crippen LogP contribution in [0.2, 0.25) is 5.02 Å². The number of fused-ring (bicyclic) bond motifs is 1. The van der Waals surface area contributed by atoms with Crippen LogP contribution in [0.1, 0.15) is 0 Å². The van der Waals surface area contributed by atoms with E-state index in [1.165, 1.54) is 0 Å². The van der Waals surface area contributed by atoms with E-state index in [1.807, 2.05) is 24.3 Å². The van der Waals surface area contributed by atoms with E-state index in [0.717, 1.165) is 5.39 Å². The van der Waals surface area contributed by atoms with Crippen molar-refractivity contribution >= 4 is 33.7 Å². The number of para-hydroxylation sites is 1. The van der Waals surface area contributed by atoms with Crippen molar-refractivity contribution in [2.24, 2.45) is 10.2 Å². The molecule has 4 nitrogen and oxygen atoms in total. The lowest BCUT2D eigenvalue weighted by atomic mass is 10.1. The number of nitrogens with zero attached hydrogens (tertiary/aromatic N) is 2. The Bertz CT molecular complexity index is 847. The Hall–Kier alpha value is -2.59. The number of phenolic OH excluding ortho intramolecular Hbond substituents is 2. The predicted molar refractivity (Wildman–Crippen MR) is 82.9 cm³/mol. The summed E-state index contributed by atoms with van der Waals surface area (Å²) in [6.07, 6.45) is 0. The van der Waals surface area contributed by atoms with Crippen LogP contribution in [-0.4, -0.2) is 10.2 Å². The summed E-state index contributed by atoms with van der Waals surface area (Å²) in [7, 11) is 0. The number of benzene rings is 3. The van der Waals surface area contributed by atoms with Gasteiger partial charge in [0.1, 0.15) is 11.4 Å². The third-order valence-electron chi connectivity index (χ3n) is 3.11. The van der Waals surface area contributed by atoms with E-state index >= 15 is 0 Å². The first-order valence-corrected chi connectivity index (χ1v) is 6.64. The highest BCUT2D eigenvalue weighted by Crippen LogP contribution is 2.38. The molecular weight excluding hydrogens is 288 g/mol. The molecular formula is C16H11ClN2O2. The van der Waals surface area contributed by atoms with Crippen molar-refractivity contribution < 1.29 is 10.2 Å². The summed E-state index contributed by atoms with van der Waals surface area (Å²) < 4.78 is 0. The van der Waals surface area contributed by atoms with Gasteiger partial charge in [-0.05, 0) is 23.6 Å². The Morgan fingerprint density at radius 1 is 0.714 bits per heavy atom. The standard InChI is InChI=1S/C16H11ClN2O2/c17-12-6-3-7-13(16(12)21)18-19-14-9-8-10-4-1-2-5-11(10)15(14)20/h1-9,20-21H/b19-18+. The summed E-state index contributed by atoms with van der Waals surface area (Å²) in [5.41, 5.74) is 0.572. The van der Waals surface area contributed by atoms with Crippen LogP contribution in [0.3, 0.4) is 0 Å². The van der Waals surface area contributed by atoms with Gasteiger partial charge < -0.3 is 10.2 Å². The summed E-state index contributed by atoms with van der Waals surface area (Å²) in [6, 6.07) is 15.8. The summed E-state index contributed by atoms with van der Waals surface area (Å²) in [5, 5.41) is 29.7. The molecule has 0 fully saturated rings. The Balaban J connectivity index is 2.04. The Labute approximate surface area is 126 Å². The van der Waals surface area contributed by atoms with Crippen LogP contribution < -0.4 is 0 Å². The summed E-state index contributed by atoms with van der Waals surface area (Å²) in [6.45, 7) is 0. The highest BCUT2D eigenvalue weighted by Gasteiger charge is 2.07. The Morgan fingerprint density at radius 2 is 1.43 bits per heavy atom. The first-order valence-electron chi connectivity index (χ1n) is 6.27. The van der Waals surface area contributed by atoms with Crippen molar-refractivity contribution in [1.82, 2.24) is 0 Å². The summed E-state index contributed by atoms with van der Waals surface area (Å²) in [4.78, 5) is 0. The molecule has 0 amide bonds. The van der Waals surface area contributed by atoms with E-state index in [2.05, 4.69) is 10.2 Å². The summed E-state index contributed by atoms with van der Waals surface area (Å²) in [5.74, 6) is -0.0819. The van der Waals surface area contributed by atoms with Crippen LogP contribution in [0.15, 0.2) is 64.8 Å². The number of halogens is 1. The van der Waals surface area contributed by atoms with E-state index in [-0.39, 0.29) is 22.2 Å². The van der Waals surface area contributed by atoms with Gasteiger partial charge in [-0.15, -0.1) is 10.2 Å². The highest BCUT2D eigenvalue weighted by atomic mass is 35.5. The number of rotatable bonds is 2. The third kappa shape index (κ3) is 2.53. The minimum absolute atomic E-state index is 0.0540. The molecule has 3 rings (SSSR count). The predicted octanol–water partition coefficient (Wildman–Crippen LogP) is 5.32. The van der Waals surface area contributed by atoms with Crippen molar-refractivity contribution in [1.29, 1.82) is 0 Å². The highest BCUT2D eigenvalue weighted by molar-refractivity contribution is 6.32. The molecule has 0 atom stereocenters.